The van der Waals surface area contributed by atoms with Gasteiger partial charge in [-0.1, -0.05) is 18.2 Å². The first-order valence-electron chi connectivity index (χ1n) is 8.37. The molecule has 1 fully saturated rings. The molecule has 1 aromatic heterocycles. The normalized spacial score (nSPS) is 16.6. The molecular weight excluding hydrogens is 322 g/mol. The molecule has 1 atom stereocenters. The predicted molar refractivity (Wildman–Crippen MR) is 92.7 cm³/mol. The fourth-order valence-electron chi connectivity index (χ4n) is 2.87. The van der Waals surface area contributed by atoms with Crippen molar-refractivity contribution < 1.29 is 19.0 Å². The minimum absolute atomic E-state index is 0.139. The topological polar surface area (TPSA) is 88.6 Å². The van der Waals surface area contributed by atoms with Crippen molar-refractivity contribution in [2.75, 3.05) is 26.1 Å². The van der Waals surface area contributed by atoms with Crippen LogP contribution in [-0.4, -0.2) is 42.3 Å². The van der Waals surface area contributed by atoms with Gasteiger partial charge in [-0.15, -0.1) is 0 Å². The number of carbonyl (C=O) groups excluding carboxylic acids is 1. The lowest BCUT2D eigenvalue weighted by atomic mass is 9.96. The zero-order chi connectivity index (χ0) is 17.8. The van der Waals surface area contributed by atoms with Gasteiger partial charge in [0.2, 0.25) is 0 Å². The molecule has 0 bridgehead atoms. The van der Waals surface area contributed by atoms with Crippen LogP contribution in [-0.2, 0) is 9.47 Å². The highest BCUT2D eigenvalue weighted by Gasteiger charge is 2.29. The Hall–Kier alpha value is -2.38. The van der Waals surface area contributed by atoms with Crippen LogP contribution in [0.1, 0.15) is 41.7 Å². The smallest absolute Gasteiger partial charge is 0.280 e. The number of nitrogen functional groups attached to an aromatic ring is 1. The second-order valence-corrected chi connectivity index (χ2v) is 5.99. The maximum absolute atomic E-state index is 12.8. The zero-order valence-electron chi connectivity index (χ0n) is 14.5. The van der Waals surface area contributed by atoms with Crippen molar-refractivity contribution in [3.8, 4) is 5.75 Å². The first-order valence-corrected chi connectivity index (χ1v) is 8.37. The van der Waals surface area contributed by atoms with Gasteiger partial charge in [-0.05, 0) is 31.9 Å². The highest BCUT2D eigenvalue weighted by Crippen LogP contribution is 2.37. The number of hydrogen-bond acceptors (Lipinski definition) is 6. The van der Waals surface area contributed by atoms with E-state index < -0.39 is 6.29 Å². The molecule has 1 aromatic carbocycles. The van der Waals surface area contributed by atoms with Crippen LogP contribution in [0.4, 0.5) is 5.82 Å². The van der Waals surface area contributed by atoms with Crippen LogP contribution in [0.15, 0.2) is 30.3 Å². The first-order chi connectivity index (χ1) is 12.1. The Morgan fingerprint density at radius 1 is 1.32 bits per heavy atom. The fraction of sp³-hybridized carbons (Fsp3) is 0.444. The molecule has 0 amide bonds. The Kier molecular flexibility index (Phi) is 5.35. The number of rotatable bonds is 5. The van der Waals surface area contributed by atoms with E-state index in [1.807, 2.05) is 6.07 Å². The molecule has 2 heterocycles. The Morgan fingerprint density at radius 3 is 2.64 bits per heavy atom. The number of ether oxygens (including phenoxy) is 3. The third-order valence-electron chi connectivity index (χ3n) is 4.34. The van der Waals surface area contributed by atoms with Crippen LogP contribution in [0.2, 0.25) is 0 Å². The molecule has 7 nitrogen and oxygen atoms in total. The molecule has 134 valence electrons. The summed E-state index contributed by atoms with van der Waals surface area (Å²) in [5, 5.41) is 4.50. The van der Waals surface area contributed by atoms with Crippen molar-refractivity contribution in [3.05, 3.63) is 41.6 Å². The van der Waals surface area contributed by atoms with Crippen LogP contribution >= 0.6 is 0 Å². The minimum Gasteiger partial charge on any atom is -0.459 e. The highest BCUT2D eigenvalue weighted by molar-refractivity contribution is 5.97. The van der Waals surface area contributed by atoms with E-state index in [4.69, 9.17) is 19.9 Å². The van der Waals surface area contributed by atoms with Gasteiger partial charge in [-0.3, -0.25) is 4.79 Å². The molecule has 1 unspecified atom stereocenters. The number of carbonyl (C=O) groups is 1. The third kappa shape index (κ3) is 3.67. The van der Waals surface area contributed by atoms with Crippen LogP contribution in [0.3, 0.4) is 0 Å². The molecule has 1 aliphatic rings. The van der Waals surface area contributed by atoms with E-state index >= 15 is 0 Å². The average molecular weight is 345 g/mol. The summed E-state index contributed by atoms with van der Waals surface area (Å²) in [5.74, 6) is 0.469. The van der Waals surface area contributed by atoms with Crippen LogP contribution in [0.25, 0.3) is 0 Å². The zero-order valence-corrected chi connectivity index (χ0v) is 14.5. The number of benzene rings is 1. The maximum Gasteiger partial charge on any atom is 0.280 e. The Morgan fingerprint density at radius 2 is 2.00 bits per heavy atom. The quantitative estimate of drug-likeness (QED) is 0.837. The van der Waals surface area contributed by atoms with E-state index in [9.17, 15) is 4.79 Å². The third-order valence-corrected chi connectivity index (χ3v) is 4.34. The second kappa shape index (κ2) is 7.67. The lowest BCUT2D eigenvalue weighted by Gasteiger charge is -2.22. The molecule has 0 spiro atoms. The van der Waals surface area contributed by atoms with Gasteiger partial charge in [0.05, 0.1) is 0 Å². The number of hydrogen-bond donors (Lipinski definition) is 1. The molecular formula is C18H23N3O4. The summed E-state index contributed by atoms with van der Waals surface area (Å²) in [4.78, 5) is 12.8. The monoisotopic (exact) mass is 345 g/mol. The van der Waals surface area contributed by atoms with Gasteiger partial charge in [0.1, 0.15) is 5.69 Å². The lowest BCUT2D eigenvalue weighted by Crippen LogP contribution is -2.18. The summed E-state index contributed by atoms with van der Waals surface area (Å²) in [6, 6.07) is 8.92. The molecule has 0 aliphatic carbocycles. The summed E-state index contributed by atoms with van der Waals surface area (Å²) >= 11 is 0. The lowest BCUT2D eigenvalue weighted by molar-refractivity contribution is -0.0388. The average Bonchev–Trinajstić information content (AvgIpc) is 2.99. The maximum atomic E-state index is 12.8. The first kappa shape index (κ1) is 17.4. The Labute approximate surface area is 146 Å². The number of aromatic nitrogens is 2. The molecule has 2 N–H and O–H groups in total. The van der Waals surface area contributed by atoms with E-state index in [1.54, 1.807) is 38.3 Å². The van der Waals surface area contributed by atoms with Gasteiger partial charge in [0.15, 0.2) is 17.9 Å². The summed E-state index contributed by atoms with van der Waals surface area (Å²) in [6.07, 6.45) is 1.13. The van der Waals surface area contributed by atoms with Gasteiger partial charge >= 0.3 is 0 Å². The highest BCUT2D eigenvalue weighted by atomic mass is 16.7. The number of anilines is 1. The van der Waals surface area contributed by atoms with Gasteiger partial charge in [0.25, 0.3) is 5.91 Å². The van der Waals surface area contributed by atoms with Crippen molar-refractivity contribution in [3.63, 3.8) is 0 Å². The van der Waals surface area contributed by atoms with Crippen LogP contribution < -0.4 is 10.5 Å². The van der Waals surface area contributed by atoms with E-state index in [0.29, 0.717) is 30.2 Å². The molecule has 1 aliphatic heterocycles. The summed E-state index contributed by atoms with van der Waals surface area (Å²) < 4.78 is 17.6. The van der Waals surface area contributed by atoms with Crippen LogP contribution in [0, 0.1) is 0 Å². The van der Waals surface area contributed by atoms with Gasteiger partial charge in [-0.25, -0.2) is 0 Å². The molecule has 0 radical (unpaired) electrons. The van der Waals surface area contributed by atoms with Crippen molar-refractivity contribution in [2.45, 2.75) is 32.0 Å². The van der Waals surface area contributed by atoms with E-state index in [-0.39, 0.29) is 17.6 Å². The fourth-order valence-corrected chi connectivity index (χ4v) is 2.87. The molecule has 7 heteroatoms. The molecule has 3 rings (SSSR count). The van der Waals surface area contributed by atoms with E-state index in [0.717, 1.165) is 12.8 Å². The largest absolute Gasteiger partial charge is 0.459 e. The van der Waals surface area contributed by atoms with Gasteiger partial charge in [-0.2, -0.15) is 9.78 Å². The minimum atomic E-state index is -0.495. The van der Waals surface area contributed by atoms with Crippen molar-refractivity contribution in [1.29, 1.82) is 0 Å². The Balaban J connectivity index is 2.00. The number of methoxy groups -OCH3 is 1. The van der Waals surface area contributed by atoms with E-state index in [2.05, 4.69) is 5.10 Å². The van der Waals surface area contributed by atoms with Crippen LogP contribution in [0.5, 0.6) is 5.75 Å². The van der Waals surface area contributed by atoms with E-state index in [1.165, 1.54) is 4.68 Å². The summed E-state index contributed by atoms with van der Waals surface area (Å²) in [5.41, 5.74) is 7.42. The van der Waals surface area contributed by atoms with Gasteiger partial charge < -0.3 is 19.9 Å². The summed E-state index contributed by atoms with van der Waals surface area (Å²) in [6.45, 7) is 3.08. The SMILES string of the molecule is COC(C)Oc1c(C2CCOCC2)nn(C(=O)c2ccccc2)c1N. The van der Waals surface area contributed by atoms with Gasteiger partial charge in [0, 0.05) is 31.8 Å². The molecule has 25 heavy (non-hydrogen) atoms. The second-order valence-electron chi connectivity index (χ2n) is 5.99. The predicted octanol–water partition coefficient (Wildman–Crippen LogP) is 2.42. The van der Waals surface area contributed by atoms with Crippen molar-refractivity contribution >= 4 is 11.7 Å². The summed E-state index contributed by atoms with van der Waals surface area (Å²) in [7, 11) is 1.55. The van der Waals surface area contributed by atoms with Crippen molar-refractivity contribution in [2.24, 2.45) is 0 Å². The molecule has 2 aromatic rings. The molecule has 1 saturated heterocycles. The molecule has 0 saturated carbocycles. The number of nitrogens with two attached hydrogens (primary N) is 1. The van der Waals surface area contributed by atoms with Crippen molar-refractivity contribution in [1.82, 2.24) is 9.78 Å². The number of nitrogens with zero attached hydrogens (tertiary/aromatic N) is 2. The Bertz CT molecular complexity index is 723. The standard InChI is InChI=1S/C18H23N3O4/c1-12(23-2)25-16-15(13-8-10-24-11-9-13)20-21(17(16)19)18(22)14-6-4-3-5-7-14/h3-7,12-13H,8-11,19H2,1-2H3.